The molecule has 1 aromatic heterocycles. The molecule has 0 aliphatic carbocycles. The van der Waals surface area contributed by atoms with Gasteiger partial charge in [0.2, 0.25) is 0 Å². The molecule has 1 N–H and O–H groups in total. The Bertz CT molecular complexity index is 659. The first-order valence-corrected chi connectivity index (χ1v) is 6.07. The van der Waals surface area contributed by atoms with E-state index in [1.807, 2.05) is 0 Å². The molecule has 0 spiro atoms. The van der Waals surface area contributed by atoms with Crippen molar-refractivity contribution < 1.29 is 13.7 Å². The summed E-state index contributed by atoms with van der Waals surface area (Å²) in [6.45, 7) is 1.74. The number of hydrogen-bond acceptors (Lipinski definition) is 5. The number of aryl methyl sites for hydroxylation is 1. The lowest BCUT2D eigenvalue weighted by Crippen LogP contribution is -2.13. The minimum absolute atomic E-state index is 0.131. The lowest BCUT2D eigenvalue weighted by Gasteiger charge is -2.17. The van der Waals surface area contributed by atoms with Crippen molar-refractivity contribution >= 4 is 11.4 Å². The number of non-ortho nitro benzene ring substituents is 1. The van der Waals surface area contributed by atoms with Crippen LogP contribution in [0.1, 0.15) is 30.8 Å². The maximum absolute atomic E-state index is 13.0. The topological polar surface area (TPSA) is 85.9 Å². The Labute approximate surface area is 118 Å². The van der Waals surface area contributed by atoms with E-state index < -0.39 is 16.9 Å². The van der Waals surface area contributed by atoms with Crippen LogP contribution in [0.3, 0.4) is 0 Å². The van der Waals surface area contributed by atoms with Gasteiger partial charge in [-0.05, 0) is 13.0 Å². The van der Waals surface area contributed by atoms with Crippen molar-refractivity contribution in [2.75, 3.05) is 5.32 Å². The van der Waals surface area contributed by atoms with E-state index in [2.05, 4.69) is 15.5 Å². The molecule has 9 heteroatoms. The van der Waals surface area contributed by atoms with Crippen LogP contribution in [0.15, 0.2) is 24.5 Å². The van der Waals surface area contributed by atoms with Gasteiger partial charge >= 0.3 is 0 Å². The van der Waals surface area contributed by atoms with Crippen molar-refractivity contribution in [1.82, 2.24) is 14.8 Å². The molecule has 0 aliphatic rings. The second kappa shape index (κ2) is 5.81. The Hall–Kier alpha value is -2.58. The number of nitrogens with zero attached hydrogens (tertiary/aromatic N) is 4. The third-order valence-electron chi connectivity index (χ3n) is 2.99. The maximum Gasteiger partial charge on any atom is 0.270 e. The Morgan fingerprint density at radius 2 is 2.14 bits per heavy atom. The smallest absolute Gasteiger partial charge is 0.270 e. The third kappa shape index (κ3) is 3.12. The van der Waals surface area contributed by atoms with E-state index in [4.69, 9.17) is 0 Å². The van der Waals surface area contributed by atoms with Crippen LogP contribution in [-0.2, 0) is 7.05 Å². The summed E-state index contributed by atoms with van der Waals surface area (Å²) in [5.74, 6) is 0.563. The monoisotopic (exact) mass is 297 g/mol. The molecular weight excluding hydrogens is 284 g/mol. The lowest BCUT2D eigenvalue weighted by atomic mass is 10.1. The third-order valence-corrected chi connectivity index (χ3v) is 2.99. The molecule has 2 rings (SSSR count). The van der Waals surface area contributed by atoms with Crippen LogP contribution in [0.5, 0.6) is 0 Å². The number of benzene rings is 1. The number of aromatic nitrogens is 3. The van der Waals surface area contributed by atoms with Gasteiger partial charge in [0.15, 0.2) is 5.82 Å². The van der Waals surface area contributed by atoms with Crippen LogP contribution in [-0.4, -0.2) is 19.7 Å². The Kier molecular flexibility index (Phi) is 4.10. The number of nitro benzene ring substituents is 1. The van der Waals surface area contributed by atoms with E-state index in [0.717, 1.165) is 6.07 Å². The van der Waals surface area contributed by atoms with E-state index in [1.165, 1.54) is 18.5 Å². The van der Waals surface area contributed by atoms with Crippen LogP contribution in [0, 0.1) is 10.1 Å². The zero-order chi connectivity index (χ0) is 15.6. The zero-order valence-electron chi connectivity index (χ0n) is 11.3. The van der Waals surface area contributed by atoms with Crippen molar-refractivity contribution in [2.24, 2.45) is 7.05 Å². The average Bonchev–Trinajstić information content (AvgIpc) is 2.85. The predicted octanol–water partition coefficient (Wildman–Crippen LogP) is 2.83. The largest absolute Gasteiger partial charge is 0.375 e. The van der Waals surface area contributed by atoms with Crippen LogP contribution in [0.4, 0.5) is 20.2 Å². The first-order chi connectivity index (χ1) is 9.90. The molecule has 21 heavy (non-hydrogen) atoms. The second-order valence-electron chi connectivity index (χ2n) is 4.50. The molecule has 0 amide bonds. The summed E-state index contributed by atoms with van der Waals surface area (Å²) in [4.78, 5) is 9.95. The number of alkyl halides is 2. The molecule has 0 fully saturated rings. The predicted molar refractivity (Wildman–Crippen MR) is 71.1 cm³/mol. The van der Waals surface area contributed by atoms with Gasteiger partial charge in [0.25, 0.3) is 12.1 Å². The first kappa shape index (κ1) is 14.8. The van der Waals surface area contributed by atoms with Gasteiger partial charge in [-0.1, -0.05) is 0 Å². The summed E-state index contributed by atoms with van der Waals surface area (Å²) < 4.78 is 27.8. The molecule has 1 unspecified atom stereocenters. The van der Waals surface area contributed by atoms with E-state index in [9.17, 15) is 18.9 Å². The van der Waals surface area contributed by atoms with E-state index in [1.54, 1.807) is 18.5 Å². The Morgan fingerprint density at radius 3 is 2.67 bits per heavy atom. The van der Waals surface area contributed by atoms with Crippen molar-refractivity contribution in [3.63, 3.8) is 0 Å². The first-order valence-electron chi connectivity index (χ1n) is 6.07. The van der Waals surface area contributed by atoms with Gasteiger partial charge < -0.3 is 9.88 Å². The second-order valence-corrected chi connectivity index (χ2v) is 4.50. The fraction of sp³-hybridized carbons (Fsp3) is 0.333. The number of anilines is 1. The van der Waals surface area contributed by atoms with Gasteiger partial charge in [0, 0.05) is 30.4 Å². The zero-order valence-corrected chi connectivity index (χ0v) is 11.3. The maximum atomic E-state index is 13.0. The molecule has 0 radical (unpaired) electrons. The molecule has 1 aromatic carbocycles. The number of nitrogens with one attached hydrogen (secondary N) is 1. The molecule has 0 aliphatic heterocycles. The standard InChI is InChI=1S/C12H13F2N5O2/c1-7(12-17-15-6-18(12)2)16-10-4-3-8(19(20)21)5-9(10)11(13)14/h3-7,11,16H,1-2H3. The quantitative estimate of drug-likeness (QED) is 0.677. The number of nitro groups is 1. The molecular formula is C12H13F2N5O2. The molecule has 0 saturated heterocycles. The van der Waals surface area contributed by atoms with E-state index in [0.29, 0.717) is 5.82 Å². The van der Waals surface area contributed by atoms with Crippen LogP contribution in [0.25, 0.3) is 0 Å². The van der Waals surface area contributed by atoms with Gasteiger partial charge in [-0.25, -0.2) is 8.78 Å². The molecule has 112 valence electrons. The van der Waals surface area contributed by atoms with Crippen LogP contribution < -0.4 is 5.32 Å². The molecule has 1 heterocycles. The van der Waals surface area contributed by atoms with Crippen LogP contribution >= 0.6 is 0 Å². The Balaban J connectivity index is 2.31. The molecule has 1 atom stereocenters. The highest BCUT2D eigenvalue weighted by Gasteiger charge is 2.20. The minimum atomic E-state index is -2.82. The van der Waals surface area contributed by atoms with E-state index >= 15 is 0 Å². The fourth-order valence-electron chi connectivity index (χ4n) is 1.96. The van der Waals surface area contributed by atoms with Crippen molar-refractivity contribution in [1.29, 1.82) is 0 Å². The Morgan fingerprint density at radius 1 is 1.43 bits per heavy atom. The minimum Gasteiger partial charge on any atom is -0.375 e. The van der Waals surface area contributed by atoms with Gasteiger partial charge in [0.1, 0.15) is 6.33 Å². The van der Waals surface area contributed by atoms with Gasteiger partial charge in [-0.15, -0.1) is 10.2 Å². The highest BCUT2D eigenvalue weighted by atomic mass is 19.3. The number of halogens is 2. The summed E-state index contributed by atoms with van der Waals surface area (Å²) in [6.07, 6.45) is -1.32. The van der Waals surface area contributed by atoms with Crippen LogP contribution in [0.2, 0.25) is 0 Å². The summed E-state index contributed by atoms with van der Waals surface area (Å²) in [6, 6.07) is 2.94. The normalized spacial score (nSPS) is 12.4. The average molecular weight is 297 g/mol. The highest BCUT2D eigenvalue weighted by molar-refractivity contribution is 5.57. The van der Waals surface area contributed by atoms with Crippen molar-refractivity contribution in [3.8, 4) is 0 Å². The van der Waals surface area contributed by atoms with Gasteiger partial charge in [-0.3, -0.25) is 10.1 Å². The number of hydrogen-bond donors (Lipinski definition) is 1. The van der Waals surface area contributed by atoms with Crippen molar-refractivity contribution in [3.05, 3.63) is 46.0 Å². The van der Waals surface area contributed by atoms with Gasteiger partial charge in [0.05, 0.1) is 11.0 Å². The summed E-state index contributed by atoms with van der Waals surface area (Å²) in [7, 11) is 1.73. The van der Waals surface area contributed by atoms with Gasteiger partial charge in [-0.2, -0.15) is 0 Å². The molecule has 0 bridgehead atoms. The SMILES string of the molecule is CC(Nc1ccc([N+](=O)[O-])cc1C(F)F)c1nncn1C. The summed E-state index contributed by atoms with van der Waals surface area (Å²) >= 11 is 0. The van der Waals surface area contributed by atoms with Crippen molar-refractivity contribution in [2.45, 2.75) is 19.4 Å². The molecule has 7 nitrogen and oxygen atoms in total. The fourth-order valence-corrected chi connectivity index (χ4v) is 1.96. The lowest BCUT2D eigenvalue weighted by molar-refractivity contribution is -0.385. The summed E-state index contributed by atoms with van der Waals surface area (Å²) in [5.41, 5.74) is -0.661. The van der Waals surface area contributed by atoms with E-state index in [-0.39, 0.29) is 17.4 Å². The molecule has 2 aromatic rings. The number of rotatable bonds is 5. The molecule has 0 saturated carbocycles. The highest BCUT2D eigenvalue weighted by Crippen LogP contribution is 2.32. The summed E-state index contributed by atoms with van der Waals surface area (Å²) in [5, 5.41) is 21.1.